The fourth-order valence-electron chi connectivity index (χ4n) is 4.56. The van der Waals surface area contributed by atoms with E-state index < -0.39 is 0 Å². The lowest BCUT2D eigenvalue weighted by Crippen LogP contribution is -2.46. The molecule has 0 aliphatic carbocycles. The van der Waals surface area contributed by atoms with E-state index in [0.717, 1.165) is 43.7 Å². The SMILES string of the molecule is Cc1ccc(C2CCN(C(=O)Nc3ccccc3[C@@H]3CN[C@@H](C(C)C)CO3)CC2)cc1. The number of urea groups is 1. The molecule has 0 unspecified atom stereocenters. The molecule has 5 nitrogen and oxygen atoms in total. The van der Waals surface area contributed by atoms with Gasteiger partial charge in [-0.2, -0.15) is 0 Å². The highest BCUT2D eigenvalue weighted by atomic mass is 16.5. The standard InChI is InChI=1S/C26H35N3O2/c1-18(2)24-17-31-25(16-27-24)22-6-4-5-7-23(22)28-26(30)29-14-12-21(13-15-29)20-10-8-19(3)9-11-20/h4-11,18,21,24-25,27H,12-17H2,1-3H3,(H,28,30)/t24-,25+/m1/s1. The average Bonchev–Trinajstić information content (AvgIpc) is 2.80. The fraction of sp³-hybridized carbons (Fsp3) is 0.500. The van der Waals surface area contributed by atoms with Gasteiger partial charge < -0.3 is 20.3 Å². The molecule has 2 fully saturated rings. The molecule has 2 aliphatic heterocycles. The number of hydrogen-bond donors (Lipinski definition) is 2. The molecule has 2 aliphatic rings. The van der Waals surface area contributed by atoms with Crippen LogP contribution >= 0.6 is 0 Å². The van der Waals surface area contributed by atoms with Crippen LogP contribution in [0, 0.1) is 12.8 Å². The van der Waals surface area contributed by atoms with Crippen molar-refractivity contribution in [2.45, 2.75) is 51.7 Å². The van der Waals surface area contributed by atoms with Crippen molar-refractivity contribution in [2.75, 3.05) is 31.6 Å². The third-order valence-electron chi connectivity index (χ3n) is 6.73. The summed E-state index contributed by atoms with van der Waals surface area (Å²) in [5, 5.41) is 6.74. The largest absolute Gasteiger partial charge is 0.370 e. The van der Waals surface area contributed by atoms with Crippen LogP contribution in [0.2, 0.25) is 0 Å². The first-order valence-electron chi connectivity index (χ1n) is 11.6. The molecular weight excluding hydrogens is 386 g/mol. The number of anilines is 1. The molecule has 0 spiro atoms. The zero-order valence-electron chi connectivity index (χ0n) is 18.9. The molecule has 2 heterocycles. The molecule has 0 bridgehead atoms. The second-order valence-electron chi connectivity index (χ2n) is 9.27. The number of morpholine rings is 1. The van der Waals surface area contributed by atoms with Gasteiger partial charge in [0.25, 0.3) is 0 Å². The predicted molar refractivity (Wildman–Crippen MR) is 126 cm³/mol. The number of hydrogen-bond acceptors (Lipinski definition) is 3. The molecule has 4 rings (SSSR count). The monoisotopic (exact) mass is 421 g/mol. The van der Waals surface area contributed by atoms with Crippen molar-refractivity contribution in [1.29, 1.82) is 0 Å². The molecule has 2 aromatic carbocycles. The number of benzene rings is 2. The average molecular weight is 422 g/mol. The summed E-state index contributed by atoms with van der Waals surface area (Å²) in [5.74, 6) is 1.08. The maximum atomic E-state index is 13.0. The summed E-state index contributed by atoms with van der Waals surface area (Å²) in [6.07, 6.45) is 1.97. The first-order valence-corrected chi connectivity index (χ1v) is 11.6. The van der Waals surface area contributed by atoms with E-state index in [0.29, 0.717) is 24.5 Å². The molecule has 2 aromatic rings. The molecular formula is C26H35N3O2. The quantitative estimate of drug-likeness (QED) is 0.723. The molecule has 5 heteroatoms. The van der Waals surface area contributed by atoms with E-state index in [-0.39, 0.29) is 12.1 Å². The smallest absolute Gasteiger partial charge is 0.321 e. The maximum absolute atomic E-state index is 13.0. The summed E-state index contributed by atoms with van der Waals surface area (Å²) in [6.45, 7) is 9.55. The Morgan fingerprint density at radius 1 is 1.10 bits per heavy atom. The van der Waals surface area contributed by atoms with Gasteiger partial charge in [-0.05, 0) is 43.2 Å². The van der Waals surface area contributed by atoms with Crippen LogP contribution in [0.1, 0.15) is 55.4 Å². The third-order valence-corrected chi connectivity index (χ3v) is 6.73. The van der Waals surface area contributed by atoms with Gasteiger partial charge in [0.2, 0.25) is 0 Å². The Hall–Kier alpha value is -2.37. The lowest BCUT2D eigenvalue weighted by molar-refractivity contribution is -0.00674. The van der Waals surface area contributed by atoms with E-state index in [4.69, 9.17) is 4.74 Å². The molecule has 2 saturated heterocycles. The number of amides is 2. The molecule has 31 heavy (non-hydrogen) atoms. The summed E-state index contributed by atoms with van der Waals surface area (Å²) in [6, 6.07) is 17.2. The number of piperidine rings is 1. The lowest BCUT2D eigenvalue weighted by atomic mass is 9.89. The number of aryl methyl sites for hydroxylation is 1. The summed E-state index contributed by atoms with van der Waals surface area (Å²) in [7, 11) is 0. The summed E-state index contributed by atoms with van der Waals surface area (Å²) >= 11 is 0. The van der Waals surface area contributed by atoms with Crippen molar-refractivity contribution in [3.05, 3.63) is 65.2 Å². The maximum Gasteiger partial charge on any atom is 0.321 e. The predicted octanol–water partition coefficient (Wildman–Crippen LogP) is 5.09. The van der Waals surface area contributed by atoms with Crippen LogP contribution in [0.4, 0.5) is 10.5 Å². The van der Waals surface area contributed by atoms with Gasteiger partial charge in [0.05, 0.1) is 12.7 Å². The Morgan fingerprint density at radius 3 is 2.45 bits per heavy atom. The van der Waals surface area contributed by atoms with Crippen molar-refractivity contribution in [2.24, 2.45) is 5.92 Å². The van der Waals surface area contributed by atoms with Crippen molar-refractivity contribution in [3.63, 3.8) is 0 Å². The van der Waals surface area contributed by atoms with Gasteiger partial charge in [0.1, 0.15) is 0 Å². The minimum atomic E-state index is -0.0428. The molecule has 0 radical (unpaired) electrons. The molecule has 0 aromatic heterocycles. The number of rotatable bonds is 4. The fourth-order valence-corrected chi connectivity index (χ4v) is 4.56. The zero-order valence-corrected chi connectivity index (χ0v) is 18.9. The third kappa shape index (κ3) is 5.28. The minimum absolute atomic E-state index is 0.0152. The Labute approximate surface area is 186 Å². The second kappa shape index (κ2) is 9.84. The first kappa shape index (κ1) is 21.8. The van der Waals surface area contributed by atoms with E-state index in [1.165, 1.54) is 11.1 Å². The highest BCUT2D eigenvalue weighted by Gasteiger charge is 2.28. The first-order chi connectivity index (χ1) is 15.0. The summed E-state index contributed by atoms with van der Waals surface area (Å²) in [4.78, 5) is 14.9. The van der Waals surface area contributed by atoms with Crippen LogP contribution in [0.3, 0.4) is 0 Å². The topological polar surface area (TPSA) is 53.6 Å². The molecule has 2 amide bonds. The number of carbonyl (C=O) groups is 1. The van der Waals surface area contributed by atoms with Gasteiger partial charge >= 0.3 is 6.03 Å². The van der Waals surface area contributed by atoms with Gasteiger partial charge in [0.15, 0.2) is 0 Å². The van der Waals surface area contributed by atoms with E-state index in [9.17, 15) is 4.79 Å². The number of para-hydroxylation sites is 1. The van der Waals surface area contributed by atoms with E-state index in [2.05, 4.69) is 61.7 Å². The summed E-state index contributed by atoms with van der Waals surface area (Å²) in [5.41, 5.74) is 4.57. The second-order valence-corrected chi connectivity index (χ2v) is 9.27. The van der Waals surface area contributed by atoms with E-state index in [1.54, 1.807) is 0 Å². The van der Waals surface area contributed by atoms with Crippen LogP contribution in [-0.2, 0) is 4.74 Å². The van der Waals surface area contributed by atoms with Gasteiger partial charge in [0, 0.05) is 36.9 Å². The van der Waals surface area contributed by atoms with Gasteiger partial charge in [-0.25, -0.2) is 4.79 Å². The summed E-state index contributed by atoms with van der Waals surface area (Å²) < 4.78 is 6.15. The molecule has 166 valence electrons. The van der Waals surface area contributed by atoms with E-state index in [1.807, 2.05) is 23.1 Å². The van der Waals surface area contributed by atoms with Gasteiger partial charge in [-0.1, -0.05) is 61.9 Å². The van der Waals surface area contributed by atoms with Crippen LogP contribution in [0.15, 0.2) is 48.5 Å². The number of likely N-dealkylation sites (tertiary alicyclic amines) is 1. The van der Waals surface area contributed by atoms with Crippen molar-refractivity contribution in [3.8, 4) is 0 Å². The Kier molecular flexibility index (Phi) is 6.93. The van der Waals surface area contributed by atoms with Gasteiger partial charge in [-0.15, -0.1) is 0 Å². The Bertz CT molecular complexity index is 864. The number of nitrogens with zero attached hydrogens (tertiary/aromatic N) is 1. The lowest BCUT2D eigenvalue weighted by Gasteiger charge is -2.34. The van der Waals surface area contributed by atoms with Crippen molar-refractivity contribution >= 4 is 11.7 Å². The minimum Gasteiger partial charge on any atom is -0.370 e. The van der Waals surface area contributed by atoms with Crippen molar-refractivity contribution in [1.82, 2.24) is 10.2 Å². The molecule has 2 atom stereocenters. The van der Waals surface area contributed by atoms with Gasteiger partial charge in [-0.3, -0.25) is 0 Å². The van der Waals surface area contributed by atoms with Crippen LogP contribution < -0.4 is 10.6 Å². The number of nitrogens with one attached hydrogen (secondary N) is 2. The van der Waals surface area contributed by atoms with E-state index >= 15 is 0 Å². The Morgan fingerprint density at radius 2 is 1.81 bits per heavy atom. The van der Waals surface area contributed by atoms with Crippen LogP contribution in [0.25, 0.3) is 0 Å². The van der Waals surface area contributed by atoms with Crippen molar-refractivity contribution < 1.29 is 9.53 Å². The molecule has 0 saturated carbocycles. The molecule has 2 N–H and O–H groups in total. The normalized spacial score (nSPS) is 22.5. The highest BCUT2D eigenvalue weighted by molar-refractivity contribution is 5.90. The number of ether oxygens (including phenoxy) is 1. The highest BCUT2D eigenvalue weighted by Crippen LogP contribution is 2.30. The van der Waals surface area contributed by atoms with Crippen LogP contribution in [-0.4, -0.2) is 43.2 Å². The number of carbonyl (C=O) groups excluding carboxylic acids is 1. The van der Waals surface area contributed by atoms with Crippen LogP contribution in [0.5, 0.6) is 0 Å². The Balaban J connectivity index is 1.35. The zero-order chi connectivity index (χ0) is 21.8.